The number of unbranched alkanes of at least 4 members (excludes halogenated alkanes) is 2. The fraction of sp³-hybridized carbons (Fsp3) is 0.219. The Kier molecular flexibility index (Phi) is 12.9. The number of aryl methyl sites for hydroxylation is 8. The number of hydrogen-bond donors (Lipinski definition) is 0. The van der Waals surface area contributed by atoms with Crippen molar-refractivity contribution in [3.63, 3.8) is 0 Å². The molecule has 0 amide bonds. The zero-order valence-corrected chi connectivity index (χ0v) is 40.3. The first-order valence-electron chi connectivity index (χ1n) is 24.2. The molecule has 330 valence electrons. The van der Waals surface area contributed by atoms with E-state index in [1.54, 1.807) is 0 Å². The maximum atomic E-state index is 2.50. The van der Waals surface area contributed by atoms with Gasteiger partial charge in [0.25, 0.3) is 0 Å². The summed E-state index contributed by atoms with van der Waals surface area (Å²) in [5.41, 5.74) is 22.5. The molecule has 0 heterocycles. The van der Waals surface area contributed by atoms with Crippen LogP contribution in [0.25, 0.3) is 43.8 Å². The normalized spacial score (nSPS) is 11.4. The van der Waals surface area contributed by atoms with E-state index in [9.17, 15) is 0 Å². The predicted octanol–water partition coefficient (Wildman–Crippen LogP) is 18.8. The second kappa shape index (κ2) is 19.3. The Morgan fingerprint density at radius 3 is 1.00 bits per heavy atom. The molecular formula is C64H64N2. The molecule has 66 heavy (non-hydrogen) atoms. The first-order chi connectivity index (χ1) is 32.1. The zero-order chi connectivity index (χ0) is 45.9. The third-order valence-electron chi connectivity index (χ3n) is 13.5. The molecule has 9 aromatic carbocycles. The molecule has 0 atom stereocenters. The standard InChI is InChI=1S/C64H64N2/c1-9-11-19-49-37-45(5)63(46(6)38-49)65(53-29-25-43(3)26-30-53)55-33-35-57-59(41-55)61(51-21-15-13-16-22-51)58-36-34-56(42-60(58)62(57)52-23-17-14-18-24-52)66(54-31-27-44(4)28-32-54)64-47(7)39-50(20-12-10-2)40-48(64)8/h13-18,21-42H,9-12,19-20H2,1-8H3. The molecule has 0 saturated carbocycles. The van der Waals surface area contributed by atoms with Crippen molar-refractivity contribution in [3.8, 4) is 22.3 Å². The van der Waals surface area contributed by atoms with Gasteiger partial charge in [-0.05, 0) is 193 Å². The number of rotatable bonds is 14. The molecule has 0 radical (unpaired) electrons. The van der Waals surface area contributed by atoms with Crippen LogP contribution in [0.4, 0.5) is 34.1 Å². The SMILES string of the molecule is CCCCc1cc(C)c(N(c2ccc(C)cc2)c2ccc3c(-c4ccccc4)c4cc(N(c5ccc(C)cc5)c5c(C)cc(CCCC)cc5C)ccc4c(-c4ccccc4)c3c2)c(C)c1. The van der Waals surface area contributed by atoms with Crippen LogP contribution < -0.4 is 9.80 Å². The van der Waals surface area contributed by atoms with Crippen molar-refractivity contribution in [2.24, 2.45) is 0 Å². The van der Waals surface area contributed by atoms with Crippen molar-refractivity contribution >= 4 is 55.7 Å². The lowest BCUT2D eigenvalue weighted by Gasteiger charge is -2.31. The summed E-state index contributed by atoms with van der Waals surface area (Å²) in [6.07, 6.45) is 6.97. The molecule has 0 saturated heterocycles. The Labute approximate surface area is 394 Å². The predicted molar refractivity (Wildman–Crippen MR) is 287 cm³/mol. The molecule has 9 rings (SSSR count). The van der Waals surface area contributed by atoms with Crippen LogP contribution in [0.2, 0.25) is 0 Å². The van der Waals surface area contributed by atoms with Crippen LogP contribution in [0.3, 0.4) is 0 Å². The van der Waals surface area contributed by atoms with E-state index >= 15 is 0 Å². The van der Waals surface area contributed by atoms with Crippen LogP contribution in [-0.2, 0) is 12.8 Å². The number of hydrogen-bond acceptors (Lipinski definition) is 2. The molecule has 0 spiro atoms. The molecule has 0 aliphatic carbocycles. The molecule has 0 bridgehead atoms. The average Bonchev–Trinajstić information content (AvgIpc) is 3.32. The van der Waals surface area contributed by atoms with E-state index < -0.39 is 0 Å². The summed E-state index contributed by atoms with van der Waals surface area (Å²) in [5, 5.41) is 4.93. The molecule has 0 fully saturated rings. The number of fused-ring (bicyclic) bond motifs is 2. The number of anilines is 6. The second-order valence-electron chi connectivity index (χ2n) is 18.6. The summed E-state index contributed by atoms with van der Waals surface area (Å²) >= 11 is 0. The lowest BCUT2D eigenvalue weighted by Crippen LogP contribution is -2.14. The molecule has 0 unspecified atom stereocenters. The zero-order valence-electron chi connectivity index (χ0n) is 40.3. The highest BCUT2D eigenvalue weighted by Gasteiger charge is 2.24. The minimum absolute atomic E-state index is 1.10. The van der Waals surface area contributed by atoms with Gasteiger partial charge in [-0.15, -0.1) is 0 Å². The van der Waals surface area contributed by atoms with Crippen LogP contribution in [-0.4, -0.2) is 0 Å². The summed E-state index contributed by atoms with van der Waals surface area (Å²) < 4.78 is 0. The lowest BCUT2D eigenvalue weighted by atomic mass is 9.85. The molecule has 0 aliphatic rings. The van der Waals surface area contributed by atoms with Crippen molar-refractivity contribution in [3.05, 3.63) is 214 Å². The lowest BCUT2D eigenvalue weighted by molar-refractivity contribution is 0.794. The Morgan fingerprint density at radius 2 is 0.667 bits per heavy atom. The summed E-state index contributed by atoms with van der Waals surface area (Å²) in [5.74, 6) is 0. The first kappa shape index (κ1) is 44.3. The van der Waals surface area contributed by atoms with E-state index in [2.05, 4.69) is 235 Å². The molecule has 9 aromatic rings. The molecule has 0 aromatic heterocycles. The first-order valence-corrected chi connectivity index (χ1v) is 24.2. The second-order valence-corrected chi connectivity index (χ2v) is 18.6. The fourth-order valence-electron chi connectivity index (χ4n) is 10.4. The van der Waals surface area contributed by atoms with Gasteiger partial charge in [0.2, 0.25) is 0 Å². The Bertz CT molecular complexity index is 2880. The van der Waals surface area contributed by atoms with Gasteiger partial charge in [0.05, 0.1) is 11.4 Å². The molecular weight excluding hydrogens is 797 g/mol. The Morgan fingerprint density at radius 1 is 0.333 bits per heavy atom. The highest BCUT2D eigenvalue weighted by atomic mass is 15.2. The van der Waals surface area contributed by atoms with E-state index in [0.29, 0.717) is 0 Å². The third-order valence-corrected chi connectivity index (χ3v) is 13.5. The highest BCUT2D eigenvalue weighted by Crippen LogP contribution is 2.49. The monoisotopic (exact) mass is 861 g/mol. The van der Waals surface area contributed by atoms with Crippen LogP contribution in [0.5, 0.6) is 0 Å². The van der Waals surface area contributed by atoms with Gasteiger partial charge in [-0.1, -0.05) is 159 Å². The van der Waals surface area contributed by atoms with Crippen molar-refractivity contribution in [1.29, 1.82) is 0 Å². The van der Waals surface area contributed by atoms with E-state index in [-0.39, 0.29) is 0 Å². The minimum atomic E-state index is 1.10. The van der Waals surface area contributed by atoms with Crippen LogP contribution in [0, 0.1) is 41.5 Å². The number of nitrogens with zero attached hydrogens (tertiary/aromatic N) is 2. The van der Waals surface area contributed by atoms with Gasteiger partial charge in [-0.3, -0.25) is 0 Å². The van der Waals surface area contributed by atoms with E-state index in [0.717, 1.165) is 35.6 Å². The summed E-state index contributed by atoms with van der Waals surface area (Å²) in [4.78, 5) is 4.99. The van der Waals surface area contributed by atoms with Gasteiger partial charge >= 0.3 is 0 Å². The van der Waals surface area contributed by atoms with Crippen LogP contribution >= 0.6 is 0 Å². The molecule has 0 N–H and O–H groups in total. The summed E-state index contributed by atoms with van der Waals surface area (Å²) in [6, 6.07) is 64.2. The van der Waals surface area contributed by atoms with E-state index in [1.807, 2.05) is 0 Å². The fourth-order valence-corrected chi connectivity index (χ4v) is 10.4. The molecule has 2 heteroatoms. The Hall–Kier alpha value is -6.90. The van der Waals surface area contributed by atoms with Gasteiger partial charge in [0.1, 0.15) is 0 Å². The maximum absolute atomic E-state index is 2.50. The van der Waals surface area contributed by atoms with E-state index in [4.69, 9.17) is 0 Å². The van der Waals surface area contributed by atoms with E-state index in [1.165, 1.54) is 125 Å². The van der Waals surface area contributed by atoms with Gasteiger partial charge < -0.3 is 9.80 Å². The van der Waals surface area contributed by atoms with Crippen molar-refractivity contribution in [2.45, 2.75) is 93.9 Å². The third kappa shape index (κ3) is 8.78. The summed E-state index contributed by atoms with van der Waals surface area (Å²) in [7, 11) is 0. The summed E-state index contributed by atoms with van der Waals surface area (Å²) in [6.45, 7) is 18.0. The van der Waals surface area contributed by atoms with Gasteiger partial charge in [0.15, 0.2) is 0 Å². The van der Waals surface area contributed by atoms with Crippen LogP contribution in [0.1, 0.15) is 84.0 Å². The van der Waals surface area contributed by atoms with Crippen molar-refractivity contribution < 1.29 is 0 Å². The average molecular weight is 861 g/mol. The largest absolute Gasteiger partial charge is 0.310 e. The molecule has 0 aliphatic heterocycles. The highest BCUT2D eigenvalue weighted by molar-refractivity contribution is 6.22. The van der Waals surface area contributed by atoms with Gasteiger partial charge in [0, 0.05) is 22.7 Å². The van der Waals surface area contributed by atoms with Crippen molar-refractivity contribution in [1.82, 2.24) is 0 Å². The van der Waals surface area contributed by atoms with Crippen molar-refractivity contribution in [2.75, 3.05) is 9.80 Å². The van der Waals surface area contributed by atoms with Crippen LogP contribution in [0.15, 0.2) is 170 Å². The maximum Gasteiger partial charge on any atom is 0.0520 e. The molecule has 2 nitrogen and oxygen atoms in total. The smallest absolute Gasteiger partial charge is 0.0520 e. The number of benzene rings is 9. The minimum Gasteiger partial charge on any atom is -0.310 e. The quantitative estimate of drug-likeness (QED) is 0.101. The topological polar surface area (TPSA) is 6.48 Å². The Balaban J connectivity index is 1.34. The van der Waals surface area contributed by atoms with Gasteiger partial charge in [-0.2, -0.15) is 0 Å². The van der Waals surface area contributed by atoms with Gasteiger partial charge in [-0.25, -0.2) is 0 Å².